The first-order valence-corrected chi connectivity index (χ1v) is 28.6. The Hall–Kier alpha value is -5.36. The molecule has 0 saturated heterocycles. The summed E-state index contributed by atoms with van der Waals surface area (Å²) in [5.74, 6) is 0. The molecule has 5 radical (unpaired) electrons. The molecule has 0 atom stereocenters. The smallest absolute Gasteiger partial charge is 0.418 e. The van der Waals surface area contributed by atoms with Crippen LogP contribution in [0.5, 0.6) is 0 Å². The molecule has 2 heterocycles. The maximum Gasteiger partial charge on any atom is 0.673 e. The van der Waals surface area contributed by atoms with Crippen LogP contribution in [0, 0.1) is 25.7 Å². The Bertz CT molecular complexity index is 3050. The van der Waals surface area contributed by atoms with Crippen LogP contribution in [-0.4, -0.2) is 29.0 Å². The quantitative estimate of drug-likeness (QED) is 0.0919. The average molecular weight is 1260 g/mol. The Morgan fingerprint density at radius 1 is 0.247 bits per heavy atom. The van der Waals surface area contributed by atoms with Crippen molar-refractivity contribution < 1.29 is 88.5 Å². The monoisotopic (exact) mass is 1260 g/mol. The summed E-state index contributed by atoms with van der Waals surface area (Å²) >= 11 is 0. The first kappa shape index (κ1) is 64.8. The van der Waals surface area contributed by atoms with Crippen LogP contribution in [0.2, 0.25) is 0 Å². The van der Waals surface area contributed by atoms with Crippen LogP contribution >= 0.6 is 15.8 Å². The summed E-state index contributed by atoms with van der Waals surface area (Å²) in [6.45, 7) is 0. The van der Waals surface area contributed by atoms with Crippen LogP contribution in [0.1, 0.15) is 47.9 Å². The molecule has 9 aromatic carbocycles. The number of benzene rings is 9. The van der Waals surface area contributed by atoms with Crippen molar-refractivity contribution in [3.63, 3.8) is 0 Å². The number of hydrogen-bond acceptors (Lipinski definition) is 0. The van der Waals surface area contributed by atoms with Crippen molar-refractivity contribution in [2.24, 2.45) is 0 Å². The normalized spacial score (nSPS) is 14.6. The van der Waals surface area contributed by atoms with E-state index in [-0.39, 0.29) is 19.5 Å². The first-order valence-electron chi connectivity index (χ1n) is 25.2. The molecule has 0 amide bonds. The summed E-state index contributed by atoms with van der Waals surface area (Å²) in [4.78, 5) is 0. The van der Waals surface area contributed by atoms with E-state index in [1.807, 2.05) is 0 Å². The number of fused-ring (bicyclic) bond motifs is 14. The third-order valence-electron chi connectivity index (χ3n) is 12.9. The minimum atomic E-state index is -6.00. The van der Waals surface area contributed by atoms with Crippen LogP contribution in [0.3, 0.4) is 0 Å². The zero-order valence-electron chi connectivity index (χ0n) is 42.7. The molecule has 0 bridgehead atoms. The second kappa shape index (κ2) is 28.8. The summed E-state index contributed by atoms with van der Waals surface area (Å²) in [6, 6.07) is 64.9. The van der Waals surface area contributed by atoms with Crippen molar-refractivity contribution in [3.05, 3.63) is 218 Å². The molecule has 0 aromatic heterocycles. The van der Waals surface area contributed by atoms with Gasteiger partial charge < -0.3 is 69.1 Å². The van der Waals surface area contributed by atoms with Gasteiger partial charge in [0.05, 0.1) is 0 Å². The van der Waals surface area contributed by atoms with Gasteiger partial charge in [-0.1, -0.05) is 186 Å². The number of rotatable bonds is 2. The standard InChI is InChI=1S/C50H36P2.C8H12.4BF4.Rh/c1-5-15-41-33(11-1)21-25-37-29-51(30-38-26-22-34-12-2-6-16-42(34)48(38)47(37)41)45-19-9-10-20-46(45)52-31-39-27-23-35-13-3-7-17-43(35)49(39)50-40(32-52)28-24-36-14-4-8-18-44(36)50;1-2-4-6-8-7-5-3-1;4*2-1(3,4)5;/h1-28H,29-32H2;1-2,7-8H,3-6H2;;;;;/q;;4*-1;. The van der Waals surface area contributed by atoms with Crippen molar-refractivity contribution in [2.45, 2.75) is 50.3 Å². The average Bonchev–Trinajstić information content (AvgIpc) is 3.78. The van der Waals surface area contributed by atoms with Gasteiger partial charge in [0.1, 0.15) is 0 Å². The Morgan fingerprint density at radius 2 is 0.432 bits per heavy atom. The summed E-state index contributed by atoms with van der Waals surface area (Å²) in [5.41, 5.74) is 11.8. The molecular formula is C58H48B4F16P2Rh-4. The number of hydrogen-bond donors (Lipinski definition) is 0. The number of halogens is 16. The van der Waals surface area contributed by atoms with Gasteiger partial charge in [-0.25, -0.2) is 0 Å². The fourth-order valence-corrected chi connectivity index (χ4v) is 15.9. The Balaban J connectivity index is 0.000000302. The van der Waals surface area contributed by atoms with Crippen LogP contribution < -0.4 is 10.6 Å². The van der Waals surface area contributed by atoms with Crippen molar-refractivity contribution in [1.82, 2.24) is 0 Å². The summed E-state index contributed by atoms with van der Waals surface area (Å²) < 4.78 is 156. The van der Waals surface area contributed by atoms with E-state index in [1.54, 1.807) is 10.6 Å². The molecule has 427 valence electrons. The molecule has 9 aromatic rings. The van der Waals surface area contributed by atoms with E-state index in [4.69, 9.17) is 0 Å². The SMILES string of the molecule is F[B-](F)(F)F.F[B-](F)(F)F.F[B-](F)(F)F.F[B-](F)(F)F.[CH]1[CH]CC[CH][CH]CC1.[Rh].c1ccc(P2Cc3ccc4ccccc4c3-c3c(ccc4ccccc34)C2)c(P2Cc3ccc4ccccc4c3-c3c(ccc4ccccc34)C2)c1. The van der Waals surface area contributed by atoms with E-state index >= 15 is 0 Å². The van der Waals surface area contributed by atoms with E-state index in [9.17, 15) is 69.1 Å². The van der Waals surface area contributed by atoms with Gasteiger partial charge in [-0.2, -0.15) is 0 Å². The van der Waals surface area contributed by atoms with Gasteiger partial charge in [-0.3, -0.25) is 0 Å². The molecular weight excluding hydrogens is 1210 g/mol. The second-order valence-electron chi connectivity index (χ2n) is 18.6. The minimum absolute atomic E-state index is 0. The van der Waals surface area contributed by atoms with Crippen molar-refractivity contribution in [1.29, 1.82) is 0 Å². The fraction of sp³-hybridized carbons (Fsp3) is 0.138. The molecule has 0 unspecified atom stereocenters. The van der Waals surface area contributed by atoms with Crippen LogP contribution in [0.4, 0.5) is 69.1 Å². The Labute approximate surface area is 475 Å². The molecule has 3 aliphatic rings. The largest absolute Gasteiger partial charge is 0.673 e. The first-order chi connectivity index (χ1) is 37.8. The molecule has 23 heteroatoms. The zero-order chi connectivity index (χ0) is 57.8. The molecule has 12 rings (SSSR count). The second-order valence-corrected chi connectivity index (χ2v) is 22.9. The van der Waals surface area contributed by atoms with E-state index < -0.39 is 44.9 Å². The summed E-state index contributed by atoms with van der Waals surface area (Å²) in [5, 5.41) is 14.0. The predicted molar refractivity (Wildman–Crippen MR) is 305 cm³/mol. The Morgan fingerprint density at radius 3 is 0.642 bits per heavy atom. The van der Waals surface area contributed by atoms with Crippen LogP contribution in [0.15, 0.2) is 170 Å². The van der Waals surface area contributed by atoms with Crippen molar-refractivity contribution in [2.75, 3.05) is 0 Å². The van der Waals surface area contributed by atoms with Gasteiger partial charge in [0.15, 0.2) is 0 Å². The Kier molecular flexibility index (Phi) is 23.0. The van der Waals surface area contributed by atoms with E-state index in [0.29, 0.717) is 0 Å². The minimum Gasteiger partial charge on any atom is -0.418 e. The van der Waals surface area contributed by atoms with E-state index in [0.717, 1.165) is 24.6 Å². The molecule has 0 N–H and O–H groups in total. The van der Waals surface area contributed by atoms with Gasteiger partial charge in [-0.15, -0.1) is 0 Å². The third-order valence-corrected chi connectivity index (χ3v) is 18.1. The molecule has 1 fully saturated rings. The van der Waals surface area contributed by atoms with E-state index in [1.165, 1.54) is 113 Å². The van der Waals surface area contributed by atoms with Crippen LogP contribution in [-0.2, 0) is 44.1 Å². The fourth-order valence-electron chi connectivity index (χ4n) is 10.1. The van der Waals surface area contributed by atoms with Crippen molar-refractivity contribution >= 4 is 98.6 Å². The van der Waals surface area contributed by atoms with Gasteiger partial charge >= 0.3 is 29.0 Å². The zero-order valence-corrected chi connectivity index (χ0v) is 46.1. The molecule has 0 spiro atoms. The molecule has 2 aliphatic heterocycles. The van der Waals surface area contributed by atoms with Crippen molar-refractivity contribution in [3.8, 4) is 22.3 Å². The van der Waals surface area contributed by atoms with Gasteiger partial charge in [0.2, 0.25) is 0 Å². The van der Waals surface area contributed by atoms with Crippen LogP contribution in [0.25, 0.3) is 65.3 Å². The van der Waals surface area contributed by atoms with E-state index in [2.05, 4.69) is 196 Å². The molecule has 1 aliphatic carbocycles. The molecule has 0 nitrogen and oxygen atoms in total. The summed E-state index contributed by atoms with van der Waals surface area (Å²) in [7, 11) is -25.0. The maximum atomic E-state index is 9.75. The topological polar surface area (TPSA) is 0 Å². The van der Waals surface area contributed by atoms with Gasteiger partial charge in [-0.05, 0) is 174 Å². The maximum absolute atomic E-state index is 9.75. The van der Waals surface area contributed by atoms with Gasteiger partial charge in [0.25, 0.3) is 0 Å². The third kappa shape index (κ3) is 19.6. The van der Waals surface area contributed by atoms with Gasteiger partial charge in [0, 0.05) is 19.5 Å². The summed E-state index contributed by atoms with van der Waals surface area (Å²) in [6.07, 6.45) is 18.4. The molecule has 81 heavy (non-hydrogen) atoms. The predicted octanol–water partition coefficient (Wildman–Crippen LogP) is 20.9. The molecule has 1 saturated carbocycles.